The predicted octanol–water partition coefficient (Wildman–Crippen LogP) is 4.61. The molecule has 1 N–H and O–H groups in total. The maximum absolute atomic E-state index is 14.2. The predicted molar refractivity (Wildman–Crippen MR) is 76.2 cm³/mol. The summed E-state index contributed by atoms with van der Waals surface area (Å²) in [7, 11) is 0. The van der Waals surface area contributed by atoms with Gasteiger partial charge in [-0.25, -0.2) is 4.39 Å². The number of rotatable bonds is 5. The van der Waals surface area contributed by atoms with E-state index in [0.717, 1.165) is 30.5 Å². The van der Waals surface area contributed by atoms with Crippen LogP contribution in [0.5, 0.6) is 0 Å². The molecule has 0 aliphatic heterocycles. The lowest BCUT2D eigenvalue weighted by atomic mass is 9.87. The summed E-state index contributed by atoms with van der Waals surface area (Å²) in [5, 5.41) is 3.40. The lowest BCUT2D eigenvalue weighted by Crippen LogP contribution is -2.23. The molecule has 0 saturated carbocycles. The van der Waals surface area contributed by atoms with Crippen molar-refractivity contribution in [1.82, 2.24) is 5.32 Å². The van der Waals surface area contributed by atoms with Crippen molar-refractivity contribution in [3.05, 3.63) is 35.1 Å². The first-order chi connectivity index (χ1) is 8.35. The van der Waals surface area contributed by atoms with Crippen LogP contribution < -0.4 is 5.32 Å². The van der Waals surface area contributed by atoms with Gasteiger partial charge in [0.05, 0.1) is 0 Å². The number of nitrogens with one attached hydrogen (secondary N) is 1. The number of hydrogen-bond donors (Lipinski definition) is 1. The number of halogens is 1. The van der Waals surface area contributed by atoms with Crippen LogP contribution in [0.1, 0.15) is 57.7 Å². The summed E-state index contributed by atoms with van der Waals surface area (Å²) in [5.41, 5.74) is 1.82. The van der Waals surface area contributed by atoms with Gasteiger partial charge in [-0.2, -0.15) is 0 Å². The number of benzene rings is 1. The maximum Gasteiger partial charge on any atom is 0.130 e. The van der Waals surface area contributed by atoms with Gasteiger partial charge in [-0.15, -0.1) is 0 Å². The van der Waals surface area contributed by atoms with Crippen molar-refractivity contribution in [1.29, 1.82) is 0 Å². The third-order valence-electron chi connectivity index (χ3n) is 3.23. The average Bonchev–Trinajstić information content (AvgIpc) is 2.27. The molecule has 1 aromatic rings. The fourth-order valence-corrected chi connectivity index (χ4v) is 2.13. The third kappa shape index (κ3) is 4.41. The fourth-order valence-electron chi connectivity index (χ4n) is 2.13. The van der Waals surface area contributed by atoms with E-state index in [0.29, 0.717) is 0 Å². The minimum atomic E-state index is -0.0580. The Hall–Kier alpha value is -0.890. The molecule has 0 amide bonds. The van der Waals surface area contributed by atoms with Crippen molar-refractivity contribution in [2.75, 3.05) is 6.54 Å². The summed E-state index contributed by atoms with van der Waals surface area (Å²) in [6.07, 6.45) is 2.05. The molecule has 1 unspecified atom stereocenters. The Morgan fingerprint density at radius 2 is 1.94 bits per heavy atom. The molecule has 0 aliphatic carbocycles. The minimum absolute atomic E-state index is 0.0580. The largest absolute Gasteiger partial charge is 0.310 e. The molecule has 18 heavy (non-hydrogen) atoms. The molecular weight excluding hydrogens is 225 g/mol. The first kappa shape index (κ1) is 15.2. The molecule has 2 heteroatoms. The van der Waals surface area contributed by atoms with Gasteiger partial charge in [0.1, 0.15) is 5.82 Å². The van der Waals surface area contributed by atoms with E-state index < -0.39 is 0 Å². The van der Waals surface area contributed by atoms with Gasteiger partial charge >= 0.3 is 0 Å². The summed E-state index contributed by atoms with van der Waals surface area (Å²) in [6, 6.07) is 5.79. The van der Waals surface area contributed by atoms with E-state index in [2.05, 4.69) is 33.0 Å². The maximum atomic E-state index is 14.2. The highest BCUT2D eigenvalue weighted by atomic mass is 19.1. The Labute approximate surface area is 111 Å². The molecule has 0 saturated heterocycles. The first-order valence-electron chi connectivity index (χ1n) is 6.83. The van der Waals surface area contributed by atoms with Crippen LogP contribution in [-0.2, 0) is 0 Å². The zero-order chi connectivity index (χ0) is 13.8. The van der Waals surface area contributed by atoms with Crippen LogP contribution in [0.25, 0.3) is 0 Å². The summed E-state index contributed by atoms with van der Waals surface area (Å²) in [4.78, 5) is 0. The monoisotopic (exact) mass is 251 g/mol. The summed E-state index contributed by atoms with van der Waals surface area (Å²) >= 11 is 0. The topological polar surface area (TPSA) is 12.0 Å². The van der Waals surface area contributed by atoms with Gasteiger partial charge in [-0.05, 0) is 37.3 Å². The zero-order valence-corrected chi connectivity index (χ0v) is 12.3. The van der Waals surface area contributed by atoms with Gasteiger partial charge in [0.15, 0.2) is 0 Å². The smallest absolute Gasteiger partial charge is 0.130 e. The van der Waals surface area contributed by atoms with Crippen molar-refractivity contribution >= 4 is 0 Å². The summed E-state index contributed by atoms with van der Waals surface area (Å²) in [5.74, 6) is -0.0580. The van der Waals surface area contributed by atoms with Gasteiger partial charge < -0.3 is 5.32 Å². The van der Waals surface area contributed by atoms with E-state index >= 15 is 0 Å². The van der Waals surface area contributed by atoms with Gasteiger partial charge in [-0.3, -0.25) is 0 Å². The highest BCUT2D eigenvalue weighted by molar-refractivity contribution is 5.27. The van der Waals surface area contributed by atoms with E-state index in [1.54, 1.807) is 0 Å². The van der Waals surface area contributed by atoms with Crippen LogP contribution in [-0.4, -0.2) is 6.54 Å². The van der Waals surface area contributed by atoms with Crippen molar-refractivity contribution in [3.63, 3.8) is 0 Å². The molecule has 0 radical (unpaired) electrons. The molecule has 0 aromatic heterocycles. The molecule has 1 aromatic carbocycles. The molecule has 0 fully saturated rings. The Morgan fingerprint density at radius 3 is 2.50 bits per heavy atom. The lowest BCUT2D eigenvalue weighted by Gasteiger charge is -2.24. The van der Waals surface area contributed by atoms with E-state index in [9.17, 15) is 4.39 Å². The van der Waals surface area contributed by atoms with Crippen LogP contribution in [0, 0.1) is 18.2 Å². The molecule has 102 valence electrons. The highest BCUT2D eigenvalue weighted by Crippen LogP contribution is 2.29. The molecule has 1 nitrogen and oxygen atoms in total. The third-order valence-corrected chi connectivity index (χ3v) is 3.23. The lowest BCUT2D eigenvalue weighted by molar-refractivity contribution is 0.330. The van der Waals surface area contributed by atoms with Gasteiger partial charge in [-0.1, -0.05) is 45.9 Å². The Balaban J connectivity index is 2.87. The van der Waals surface area contributed by atoms with Crippen molar-refractivity contribution in [3.8, 4) is 0 Å². The van der Waals surface area contributed by atoms with Crippen molar-refractivity contribution in [2.45, 2.75) is 53.5 Å². The molecule has 1 atom stereocenters. The molecule has 0 bridgehead atoms. The van der Waals surface area contributed by atoms with E-state index in [-0.39, 0.29) is 17.3 Å². The van der Waals surface area contributed by atoms with Crippen LogP contribution >= 0.6 is 0 Å². The molecule has 0 aliphatic rings. The van der Waals surface area contributed by atoms with E-state index in [4.69, 9.17) is 0 Å². The molecule has 0 heterocycles. The number of aryl methyl sites for hydroxylation is 1. The van der Waals surface area contributed by atoms with Crippen LogP contribution in [0.2, 0.25) is 0 Å². The van der Waals surface area contributed by atoms with Crippen molar-refractivity contribution in [2.24, 2.45) is 5.41 Å². The SMILES string of the molecule is CCNC(CCC(C)(C)C)c1cccc(C)c1F. The molecule has 1 rings (SSSR count). The molecular formula is C16H26FN. The summed E-state index contributed by atoms with van der Waals surface area (Å²) < 4.78 is 14.2. The second-order valence-corrected chi connectivity index (χ2v) is 6.19. The van der Waals surface area contributed by atoms with Crippen LogP contribution in [0.15, 0.2) is 18.2 Å². The molecule has 0 spiro atoms. The van der Waals surface area contributed by atoms with E-state index in [1.807, 2.05) is 25.1 Å². The zero-order valence-electron chi connectivity index (χ0n) is 12.3. The van der Waals surface area contributed by atoms with Crippen molar-refractivity contribution < 1.29 is 4.39 Å². The Kier molecular flexibility index (Phi) is 5.33. The van der Waals surface area contributed by atoms with E-state index in [1.165, 1.54) is 0 Å². The second kappa shape index (κ2) is 6.33. The highest BCUT2D eigenvalue weighted by Gasteiger charge is 2.19. The average molecular weight is 251 g/mol. The minimum Gasteiger partial charge on any atom is -0.310 e. The normalized spacial score (nSPS) is 13.7. The van der Waals surface area contributed by atoms with Gasteiger partial charge in [0.2, 0.25) is 0 Å². The quantitative estimate of drug-likeness (QED) is 0.805. The van der Waals surface area contributed by atoms with Crippen LogP contribution in [0.4, 0.5) is 4.39 Å². The van der Waals surface area contributed by atoms with Gasteiger partial charge in [0, 0.05) is 11.6 Å². The summed E-state index contributed by atoms with van der Waals surface area (Å²) in [6.45, 7) is 11.4. The second-order valence-electron chi connectivity index (χ2n) is 6.19. The first-order valence-corrected chi connectivity index (χ1v) is 6.83. The van der Waals surface area contributed by atoms with Crippen LogP contribution in [0.3, 0.4) is 0 Å². The Bertz CT molecular complexity index is 379. The standard InChI is InChI=1S/C16H26FN/c1-6-18-14(10-11-16(3,4)5)13-9-7-8-12(2)15(13)17/h7-9,14,18H,6,10-11H2,1-5H3. The fraction of sp³-hybridized carbons (Fsp3) is 0.625. The van der Waals surface area contributed by atoms with Gasteiger partial charge in [0.25, 0.3) is 0 Å². The number of hydrogen-bond acceptors (Lipinski definition) is 1. The Morgan fingerprint density at radius 1 is 1.28 bits per heavy atom.